The van der Waals surface area contributed by atoms with Crippen LogP contribution in [0.5, 0.6) is 0 Å². The van der Waals surface area contributed by atoms with Gasteiger partial charge in [-0.25, -0.2) is 38.9 Å². The monoisotopic (exact) mass is 1890 g/mol. The summed E-state index contributed by atoms with van der Waals surface area (Å²) in [4.78, 5) is 108. The lowest BCUT2D eigenvalue weighted by atomic mass is 9.90. The van der Waals surface area contributed by atoms with E-state index in [4.69, 9.17) is 20.1 Å². The fourth-order valence-corrected chi connectivity index (χ4v) is 19.4. The average Bonchev–Trinajstić information content (AvgIpc) is 1.24. The summed E-state index contributed by atoms with van der Waals surface area (Å²) in [5, 5.41) is 38.9. The molecule has 18 aromatic heterocycles. The third kappa shape index (κ3) is 19.9. The molecule has 0 amide bonds. The van der Waals surface area contributed by atoms with Crippen LogP contribution in [0.25, 0.3) is 140 Å². The Morgan fingerprint density at radius 2 is 0.923 bits per heavy atom. The Hall–Kier alpha value is -16.1. The largest absolute Gasteiger partial charge is 0.395 e. The predicted octanol–water partition coefficient (Wildman–Crippen LogP) is 12.5. The normalized spacial score (nSPS) is 15.6. The zero-order chi connectivity index (χ0) is 97.3. The molecule has 1 atom stereocenters. The van der Waals surface area contributed by atoms with Crippen LogP contribution in [0.1, 0.15) is 97.6 Å². The number of rotatable bonds is 14. The van der Waals surface area contributed by atoms with Gasteiger partial charge in [-0.1, -0.05) is 43.4 Å². The third-order valence-corrected chi connectivity index (χ3v) is 26.9. The molecule has 0 aliphatic carbocycles. The molecule has 0 unspecified atom stereocenters. The number of nitrogens with zero attached hydrogens (tertiary/aromatic N) is 25. The molecule has 5 aliphatic rings. The molecular formula is C108H108N28O6. The van der Waals surface area contributed by atoms with Crippen LogP contribution in [-0.2, 0) is 14.1 Å². The molecule has 34 heteroatoms. The zero-order valence-corrected chi connectivity index (χ0v) is 80.1. The van der Waals surface area contributed by atoms with Crippen molar-refractivity contribution in [1.82, 2.24) is 131 Å². The van der Waals surface area contributed by atoms with Gasteiger partial charge in [-0.15, -0.1) is 0 Å². The quantitative estimate of drug-likeness (QED) is 0.0785. The van der Waals surface area contributed by atoms with E-state index in [1.54, 1.807) is 72.4 Å². The number of anilines is 1. The van der Waals surface area contributed by atoms with Gasteiger partial charge in [0.2, 0.25) is 0 Å². The van der Waals surface area contributed by atoms with Crippen molar-refractivity contribution in [3.8, 4) is 56.5 Å². The van der Waals surface area contributed by atoms with E-state index in [1.165, 1.54) is 41.3 Å². The first-order chi connectivity index (χ1) is 69.1. The molecule has 2 saturated heterocycles. The molecule has 0 spiro atoms. The number of hydrogen-bond donors (Lipinski definition) is 4. The number of likely N-dealkylation sites (tertiary alicyclic amines) is 1. The summed E-state index contributed by atoms with van der Waals surface area (Å²) in [6, 6.07) is 47.8. The minimum Gasteiger partial charge on any atom is -0.395 e. The number of β-amino-alcohol motifs (C(OH)–C–C–N with tert-alkyl or cyclic N) is 1. The number of benzene rings is 2. The Morgan fingerprint density at radius 1 is 0.415 bits per heavy atom. The van der Waals surface area contributed by atoms with E-state index in [1.807, 2.05) is 227 Å². The van der Waals surface area contributed by atoms with E-state index >= 15 is 0 Å². The first-order valence-electron chi connectivity index (χ1n) is 48.3. The molecule has 0 saturated carbocycles. The number of aliphatic hydroxyl groups is 1. The van der Waals surface area contributed by atoms with Crippen LogP contribution >= 0.6 is 0 Å². The van der Waals surface area contributed by atoms with Gasteiger partial charge in [-0.3, -0.25) is 70.2 Å². The van der Waals surface area contributed by atoms with E-state index in [0.29, 0.717) is 86.6 Å². The smallest absolute Gasteiger partial charge is 0.258 e. The highest BCUT2D eigenvalue weighted by Crippen LogP contribution is 2.33. The first-order valence-corrected chi connectivity index (χ1v) is 48.3. The Morgan fingerprint density at radius 3 is 1.47 bits per heavy atom. The van der Waals surface area contributed by atoms with Gasteiger partial charge < -0.3 is 35.3 Å². The van der Waals surface area contributed by atoms with E-state index < -0.39 is 0 Å². The molecule has 5 aliphatic heterocycles. The maximum Gasteiger partial charge on any atom is 0.258 e. The number of hydrogen-bond acceptors (Lipinski definition) is 24. The molecule has 34 nitrogen and oxygen atoms in total. The first kappa shape index (κ1) is 92.3. The Kier molecular flexibility index (Phi) is 26.0. The van der Waals surface area contributed by atoms with Crippen LogP contribution in [0, 0.1) is 20.8 Å². The fourth-order valence-electron chi connectivity index (χ4n) is 19.4. The number of piperazine rings is 1. The van der Waals surface area contributed by atoms with Crippen LogP contribution in [0.2, 0.25) is 0 Å². The van der Waals surface area contributed by atoms with Gasteiger partial charge in [0.1, 0.15) is 45.3 Å². The summed E-state index contributed by atoms with van der Waals surface area (Å²) in [6.07, 6.45) is 37.4. The van der Waals surface area contributed by atoms with Gasteiger partial charge >= 0.3 is 0 Å². The van der Waals surface area contributed by atoms with E-state index in [0.717, 1.165) is 199 Å². The van der Waals surface area contributed by atoms with Crippen molar-refractivity contribution in [3.05, 3.63) is 342 Å². The number of nitrogens with one attached hydrogen (secondary N) is 3. The number of imidazole rings is 1. The van der Waals surface area contributed by atoms with Crippen molar-refractivity contribution < 1.29 is 5.11 Å². The highest BCUT2D eigenvalue weighted by molar-refractivity contribution is 5.86. The van der Waals surface area contributed by atoms with Crippen molar-refractivity contribution >= 4 is 89.1 Å². The van der Waals surface area contributed by atoms with Gasteiger partial charge in [0, 0.05) is 180 Å². The zero-order valence-electron chi connectivity index (χ0n) is 80.1. The van der Waals surface area contributed by atoms with Gasteiger partial charge in [0.05, 0.1) is 111 Å². The van der Waals surface area contributed by atoms with Gasteiger partial charge in [-0.05, 0) is 247 Å². The number of pyridine rings is 6. The van der Waals surface area contributed by atoms with Crippen molar-refractivity contribution in [3.63, 3.8) is 0 Å². The number of piperidine rings is 1. The molecule has 0 bridgehead atoms. The fraction of sp³-hybridized carbons (Fsp3) is 0.269. The maximum absolute atomic E-state index is 12.9. The molecule has 2 aromatic carbocycles. The highest BCUT2D eigenvalue weighted by Gasteiger charge is 2.25. The van der Waals surface area contributed by atoms with Crippen molar-refractivity contribution in [1.29, 1.82) is 0 Å². The van der Waals surface area contributed by atoms with E-state index in [9.17, 15) is 24.0 Å². The molecule has 2 fully saturated rings. The molecule has 4 N–H and O–H groups in total. The second-order valence-corrected chi connectivity index (χ2v) is 37.0. The number of aliphatic hydroxyl groups excluding tert-OH is 1. The SMILES string of the molecule is CCCN1CCC(c2ccc3nc(-c4ccc5nc(C)cn5c4)cc(=O)n3c2)CC1.Cc1cn2nc(-c3cc(=O)n4cc(C5=CCNCC5)ccc4n3)cc2cn1.Cc1cn2nc(-c3cc(=O)n4cc(N5CCN[C@H](C)C5)ccc4n3)cc2cn1.Cn1cc2cc(-c3cc(=O)n4cc(C5=CCNCC5)ccc4n3)ccc2n1.Cn1ncc2cc(-c3cc(=O)n4cc(C5=CCN(CCO)CC5)ccc4n3)ccc21. The Labute approximate surface area is 814 Å². The van der Waals surface area contributed by atoms with Crippen LogP contribution in [0.15, 0.2) is 274 Å². The summed E-state index contributed by atoms with van der Waals surface area (Å²) in [7, 11) is 3.81. The minimum absolute atomic E-state index is 0.0397. The second-order valence-electron chi connectivity index (χ2n) is 37.0. The molecule has 716 valence electrons. The molecular weight excluding hydrogens is 1790 g/mol. The lowest BCUT2D eigenvalue weighted by molar-refractivity contribution is 0.208. The topological polar surface area (TPSA) is 351 Å². The predicted molar refractivity (Wildman–Crippen MR) is 555 cm³/mol. The molecule has 25 rings (SSSR count). The van der Waals surface area contributed by atoms with E-state index in [-0.39, 0.29) is 34.4 Å². The maximum atomic E-state index is 12.9. The summed E-state index contributed by atoms with van der Waals surface area (Å²) in [5.74, 6) is 0.515. The van der Waals surface area contributed by atoms with Crippen LogP contribution in [0.3, 0.4) is 0 Å². The van der Waals surface area contributed by atoms with Crippen LogP contribution in [-0.4, -0.2) is 218 Å². The van der Waals surface area contributed by atoms with Gasteiger partial charge in [-0.2, -0.15) is 20.4 Å². The van der Waals surface area contributed by atoms with Gasteiger partial charge in [0.25, 0.3) is 27.8 Å². The molecule has 0 radical (unpaired) electrons. The molecule has 23 heterocycles. The van der Waals surface area contributed by atoms with Crippen molar-refractivity contribution in [2.24, 2.45) is 14.1 Å². The van der Waals surface area contributed by atoms with Gasteiger partial charge in [0.15, 0.2) is 0 Å². The average molecular weight is 1890 g/mol. The minimum atomic E-state index is -0.114. The lowest BCUT2D eigenvalue weighted by Crippen LogP contribution is -2.49. The molecule has 142 heavy (non-hydrogen) atoms. The Bertz CT molecular complexity index is 8570. The van der Waals surface area contributed by atoms with Crippen molar-refractivity contribution in [2.45, 2.75) is 85.1 Å². The summed E-state index contributed by atoms with van der Waals surface area (Å²) >= 11 is 0. The molecule has 20 aromatic rings. The second kappa shape index (κ2) is 40.0. The number of aromatic nitrogens is 22. The van der Waals surface area contributed by atoms with Crippen LogP contribution in [0.4, 0.5) is 5.69 Å². The number of aryl methyl sites for hydroxylation is 5. The summed E-state index contributed by atoms with van der Waals surface area (Å²) < 4.78 is 17.2. The standard InChI is InChI=1S/C24H27N5O.C23H23N5O2.C21H19N5O.C20H21N7O.C20H18N6O/c1-3-10-27-11-8-18(9-12-27)19-4-7-23-26-21(13-24(30)29(23)16-19)20-5-6-22-25-17(2)14-28(22)15-20;1-26-21-4-2-17(12-19(21)14-24-26)20-13-23(30)28-15-18(3-5-22(28)25-20)16-6-8-27(9-7-16)10-11-29;1-25-12-17-10-15(2-4-18(17)24-25)19-11-21(27)26-13-16(3-5-20(26)23-19)14-6-8-22-9-7-14;1-13-10-25(6-5-21-13)15-3-4-19-23-17(8-20(28)26(19)12-15)18-7-16-9-22-14(2)11-27(16)24-18;1-13-11-26-16(10-22-13)8-18(24-26)17-9-20(27)25-12-15(2-3-19(25)23-17)14-4-6-21-7-5-14/h4-7,13-16,18H,3,8-12H2,1-2H3;2-6,12-15,29H,7-11H2,1H3;2-6,10-13,22H,7-9H2,1H3;3-4,7-9,11-13,21H,5-6,10H2,1-2H3;2-4,8-12,21H,5-7H2,1H3/t;;;13-;/m...1./s1. The van der Waals surface area contributed by atoms with Crippen molar-refractivity contribution in [2.75, 3.05) is 96.6 Å². The van der Waals surface area contributed by atoms with Crippen LogP contribution < -0.4 is 48.6 Å². The highest BCUT2D eigenvalue weighted by atomic mass is 16.3. The Balaban J connectivity index is 0.000000105. The summed E-state index contributed by atoms with van der Waals surface area (Å²) in [6.45, 7) is 22.7. The summed E-state index contributed by atoms with van der Waals surface area (Å²) in [5.41, 5.74) is 26.5. The number of fused-ring (bicyclic) bond motifs is 10. The third-order valence-electron chi connectivity index (χ3n) is 26.9. The van der Waals surface area contributed by atoms with E-state index in [2.05, 4.69) is 114 Å². The lowest BCUT2D eigenvalue weighted by Gasteiger charge is -2.33.